The maximum absolute atomic E-state index is 4.71. The van der Waals surface area contributed by atoms with E-state index in [9.17, 15) is 0 Å². The number of aromatic amines is 2. The zero-order valence-electron chi connectivity index (χ0n) is 17.2. The summed E-state index contributed by atoms with van der Waals surface area (Å²) >= 11 is 0. The van der Waals surface area contributed by atoms with E-state index < -0.39 is 0 Å². The molecule has 0 amide bonds. The van der Waals surface area contributed by atoms with Crippen molar-refractivity contribution in [2.45, 2.75) is 26.2 Å². The van der Waals surface area contributed by atoms with Crippen molar-refractivity contribution >= 4 is 51.9 Å². The minimum atomic E-state index is 0. The van der Waals surface area contributed by atoms with Gasteiger partial charge in [-0.05, 0) is 43.5 Å². The average Bonchev–Trinajstić information content (AvgIpc) is 3.35. The van der Waals surface area contributed by atoms with Crippen LogP contribution in [-0.2, 0) is 12.8 Å². The van der Waals surface area contributed by atoms with Crippen LogP contribution in [0.1, 0.15) is 24.7 Å². The molecule has 0 spiro atoms. The Balaban J connectivity index is 0.00000256. The molecule has 0 bridgehead atoms. The molecule has 2 heterocycles. The fraction of sp³-hybridized carbons (Fsp3) is 0.304. The minimum Gasteiger partial charge on any atom is -0.361 e. The van der Waals surface area contributed by atoms with Gasteiger partial charge in [-0.2, -0.15) is 0 Å². The molecule has 0 aliphatic carbocycles. The molecule has 4 N–H and O–H groups in total. The number of nitrogens with zero attached hydrogens (tertiary/aromatic N) is 2. The number of hydrogen-bond acceptors (Lipinski definition) is 2. The van der Waals surface area contributed by atoms with E-state index in [-0.39, 0.29) is 24.0 Å². The molecule has 0 aliphatic rings. The van der Waals surface area contributed by atoms with Crippen LogP contribution >= 0.6 is 24.0 Å². The summed E-state index contributed by atoms with van der Waals surface area (Å²) in [6.07, 6.45) is 4.91. The van der Waals surface area contributed by atoms with Crippen LogP contribution in [0.25, 0.3) is 21.9 Å². The summed E-state index contributed by atoms with van der Waals surface area (Å²) in [6.45, 7) is 4.55. The first-order valence-corrected chi connectivity index (χ1v) is 10.3. The second-order valence-electron chi connectivity index (χ2n) is 7.10. The number of aryl methyl sites for hydroxylation is 1. The molecular formula is C23H29IN6. The lowest BCUT2D eigenvalue weighted by atomic mass is 10.1. The van der Waals surface area contributed by atoms with Gasteiger partial charge in [-0.3, -0.25) is 4.99 Å². The second kappa shape index (κ2) is 11.0. The number of nitrogens with one attached hydrogen (secondary N) is 4. The molecule has 0 aliphatic heterocycles. The first-order chi connectivity index (χ1) is 14.3. The Labute approximate surface area is 194 Å². The Kier molecular flexibility index (Phi) is 8.12. The van der Waals surface area contributed by atoms with Crippen LogP contribution in [0.4, 0.5) is 0 Å². The summed E-state index contributed by atoms with van der Waals surface area (Å²) in [5.41, 5.74) is 4.64. The highest BCUT2D eigenvalue weighted by molar-refractivity contribution is 14.0. The van der Waals surface area contributed by atoms with Gasteiger partial charge in [0.15, 0.2) is 5.96 Å². The Morgan fingerprint density at radius 3 is 2.63 bits per heavy atom. The number of rotatable bonds is 8. The van der Waals surface area contributed by atoms with Crippen molar-refractivity contribution in [1.29, 1.82) is 0 Å². The zero-order valence-corrected chi connectivity index (χ0v) is 19.6. The highest BCUT2D eigenvalue weighted by Gasteiger charge is 2.04. The van der Waals surface area contributed by atoms with Gasteiger partial charge in [0.25, 0.3) is 0 Å². The van der Waals surface area contributed by atoms with Crippen molar-refractivity contribution in [3.05, 3.63) is 66.1 Å². The van der Waals surface area contributed by atoms with E-state index in [0.717, 1.165) is 61.7 Å². The summed E-state index contributed by atoms with van der Waals surface area (Å²) in [4.78, 5) is 16.1. The van der Waals surface area contributed by atoms with E-state index in [1.807, 2.05) is 18.2 Å². The molecule has 0 saturated carbocycles. The third kappa shape index (κ3) is 5.53. The van der Waals surface area contributed by atoms with E-state index in [2.05, 4.69) is 69.0 Å². The van der Waals surface area contributed by atoms with Gasteiger partial charge < -0.3 is 20.6 Å². The first kappa shape index (κ1) is 22.1. The number of imidazole rings is 1. The normalized spacial score (nSPS) is 11.6. The summed E-state index contributed by atoms with van der Waals surface area (Å²) in [7, 11) is 0. The van der Waals surface area contributed by atoms with Crippen LogP contribution in [0, 0.1) is 0 Å². The van der Waals surface area contributed by atoms with Crippen LogP contribution in [0.15, 0.2) is 59.7 Å². The summed E-state index contributed by atoms with van der Waals surface area (Å²) < 4.78 is 0. The second-order valence-corrected chi connectivity index (χ2v) is 7.10. The van der Waals surface area contributed by atoms with Crippen LogP contribution in [0.2, 0.25) is 0 Å². The number of hydrogen-bond donors (Lipinski definition) is 4. The number of aromatic nitrogens is 3. The molecule has 4 aromatic rings. The average molecular weight is 516 g/mol. The van der Waals surface area contributed by atoms with E-state index in [1.54, 1.807) is 0 Å². The lowest BCUT2D eigenvalue weighted by Crippen LogP contribution is -2.38. The Hall–Kier alpha value is -2.55. The van der Waals surface area contributed by atoms with Gasteiger partial charge in [0, 0.05) is 43.2 Å². The summed E-state index contributed by atoms with van der Waals surface area (Å²) in [6, 6.07) is 16.6. The van der Waals surface area contributed by atoms with Crippen molar-refractivity contribution in [3.8, 4) is 0 Å². The predicted octanol–water partition coefficient (Wildman–Crippen LogP) is 4.39. The molecule has 0 unspecified atom stereocenters. The van der Waals surface area contributed by atoms with Crippen LogP contribution in [0.5, 0.6) is 0 Å². The number of fused-ring (bicyclic) bond motifs is 2. The molecule has 2 aromatic carbocycles. The number of aliphatic imine (C=N–C) groups is 1. The van der Waals surface area contributed by atoms with Gasteiger partial charge in [0.1, 0.15) is 5.82 Å². The maximum Gasteiger partial charge on any atom is 0.191 e. The van der Waals surface area contributed by atoms with Crippen molar-refractivity contribution in [1.82, 2.24) is 25.6 Å². The van der Waals surface area contributed by atoms with Gasteiger partial charge in [-0.25, -0.2) is 4.98 Å². The number of guanidine groups is 1. The Morgan fingerprint density at radius 2 is 1.80 bits per heavy atom. The summed E-state index contributed by atoms with van der Waals surface area (Å²) in [5.74, 6) is 1.90. The number of halogens is 1. The molecule has 0 fully saturated rings. The molecular weight excluding hydrogens is 487 g/mol. The maximum atomic E-state index is 4.71. The SMILES string of the molecule is CCNC(=NCCCc1nc2ccccc2[nH]1)NCCc1c[nH]c2ccccc12.I. The first-order valence-electron chi connectivity index (χ1n) is 10.3. The molecule has 0 atom stereocenters. The highest BCUT2D eigenvalue weighted by Crippen LogP contribution is 2.17. The van der Waals surface area contributed by atoms with Crippen molar-refractivity contribution < 1.29 is 0 Å². The molecule has 158 valence electrons. The number of H-pyrrole nitrogens is 2. The number of para-hydroxylation sites is 3. The lowest BCUT2D eigenvalue weighted by molar-refractivity contribution is 0.764. The summed E-state index contributed by atoms with van der Waals surface area (Å²) in [5, 5.41) is 8.07. The van der Waals surface area contributed by atoms with Crippen LogP contribution in [-0.4, -0.2) is 40.5 Å². The Morgan fingerprint density at radius 1 is 1.00 bits per heavy atom. The smallest absolute Gasteiger partial charge is 0.191 e. The largest absolute Gasteiger partial charge is 0.361 e. The molecule has 0 radical (unpaired) electrons. The van der Waals surface area contributed by atoms with Crippen LogP contribution in [0.3, 0.4) is 0 Å². The quantitative estimate of drug-likeness (QED) is 0.121. The van der Waals surface area contributed by atoms with Crippen LogP contribution < -0.4 is 10.6 Å². The monoisotopic (exact) mass is 516 g/mol. The fourth-order valence-corrected chi connectivity index (χ4v) is 3.56. The molecule has 0 saturated heterocycles. The van der Waals surface area contributed by atoms with E-state index in [1.165, 1.54) is 16.5 Å². The highest BCUT2D eigenvalue weighted by atomic mass is 127. The zero-order chi connectivity index (χ0) is 19.9. The molecule has 6 nitrogen and oxygen atoms in total. The van der Waals surface area contributed by atoms with Crippen molar-refractivity contribution in [2.24, 2.45) is 4.99 Å². The van der Waals surface area contributed by atoms with E-state index >= 15 is 0 Å². The van der Waals surface area contributed by atoms with Gasteiger partial charge in [0.05, 0.1) is 11.0 Å². The molecule has 4 rings (SSSR count). The fourth-order valence-electron chi connectivity index (χ4n) is 3.56. The molecule has 7 heteroatoms. The van der Waals surface area contributed by atoms with Gasteiger partial charge in [-0.15, -0.1) is 24.0 Å². The Bertz CT molecular complexity index is 1060. The van der Waals surface area contributed by atoms with Gasteiger partial charge in [-0.1, -0.05) is 30.3 Å². The van der Waals surface area contributed by atoms with Gasteiger partial charge >= 0.3 is 0 Å². The lowest BCUT2D eigenvalue weighted by Gasteiger charge is -2.11. The third-order valence-corrected chi connectivity index (χ3v) is 4.99. The number of benzene rings is 2. The minimum absolute atomic E-state index is 0. The van der Waals surface area contributed by atoms with Gasteiger partial charge in [0.2, 0.25) is 0 Å². The topological polar surface area (TPSA) is 80.9 Å². The van der Waals surface area contributed by atoms with Crippen molar-refractivity contribution in [2.75, 3.05) is 19.6 Å². The third-order valence-electron chi connectivity index (χ3n) is 4.99. The van der Waals surface area contributed by atoms with Crippen molar-refractivity contribution in [3.63, 3.8) is 0 Å². The standard InChI is InChI=1S/C23H28N6.HI/c1-2-24-23(26-15-13-17-16-27-19-9-4-3-8-18(17)19)25-14-7-12-22-28-20-10-5-6-11-21(20)29-22;/h3-6,8-11,16,27H,2,7,12-15H2,1H3,(H,28,29)(H2,24,25,26);1H. The molecule has 30 heavy (non-hydrogen) atoms. The van der Waals surface area contributed by atoms with E-state index in [4.69, 9.17) is 4.99 Å². The van der Waals surface area contributed by atoms with E-state index in [0.29, 0.717) is 0 Å². The predicted molar refractivity (Wildman–Crippen MR) is 136 cm³/mol. The molecule has 2 aromatic heterocycles.